The third kappa shape index (κ3) is 4.36. The third-order valence-corrected chi connectivity index (χ3v) is 4.70. The molecule has 146 valence electrons. The van der Waals surface area contributed by atoms with Gasteiger partial charge in [-0.3, -0.25) is 9.79 Å². The number of aromatic nitrogens is 1. The Morgan fingerprint density at radius 1 is 1.36 bits per heavy atom. The third-order valence-electron chi connectivity index (χ3n) is 4.70. The van der Waals surface area contributed by atoms with Gasteiger partial charge in [-0.15, -0.1) is 0 Å². The van der Waals surface area contributed by atoms with Crippen LogP contribution in [0.3, 0.4) is 0 Å². The number of carbonyl (C=O) groups is 2. The fraction of sp³-hybridized carbons (Fsp3) is 0.333. The summed E-state index contributed by atoms with van der Waals surface area (Å²) in [6.45, 7) is 4.66. The first-order chi connectivity index (χ1) is 13.6. The minimum atomic E-state index is -0.380. The molecule has 7 nitrogen and oxygen atoms in total. The molecule has 2 aromatic rings. The molecule has 1 aromatic carbocycles. The van der Waals surface area contributed by atoms with E-state index >= 15 is 0 Å². The van der Waals surface area contributed by atoms with E-state index in [0.717, 1.165) is 17.3 Å². The van der Waals surface area contributed by atoms with Crippen LogP contribution in [0.25, 0.3) is 10.9 Å². The Kier molecular flexibility index (Phi) is 6.37. The van der Waals surface area contributed by atoms with Gasteiger partial charge in [0, 0.05) is 19.0 Å². The Morgan fingerprint density at radius 2 is 2.18 bits per heavy atom. The van der Waals surface area contributed by atoms with Crippen molar-refractivity contribution in [2.75, 3.05) is 26.7 Å². The number of hydrogen-bond donors (Lipinski definition) is 1. The summed E-state index contributed by atoms with van der Waals surface area (Å²) in [7, 11) is 1.65. The van der Waals surface area contributed by atoms with Crippen LogP contribution >= 0.6 is 0 Å². The SMILES string of the molecule is C=CCOC(=O)[C@H]1CCCN1/C(CNC(=O)c1ccc2ccccc2n1)=N/C. The van der Waals surface area contributed by atoms with Crippen LogP contribution in [-0.4, -0.2) is 60.4 Å². The van der Waals surface area contributed by atoms with E-state index in [2.05, 4.69) is 21.9 Å². The van der Waals surface area contributed by atoms with Gasteiger partial charge in [-0.2, -0.15) is 0 Å². The van der Waals surface area contributed by atoms with Crippen molar-refractivity contribution in [1.82, 2.24) is 15.2 Å². The van der Waals surface area contributed by atoms with Crippen molar-refractivity contribution >= 4 is 28.6 Å². The summed E-state index contributed by atoms with van der Waals surface area (Å²) in [4.78, 5) is 35.4. The molecule has 0 spiro atoms. The molecule has 0 aliphatic carbocycles. The number of ether oxygens (including phenoxy) is 1. The molecule has 1 fully saturated rings. The van der Waals surface area contributed by atoms with Gasteiger partial charge in [-0.25, -0.2) is 9.78 Å². The number of fused-ring (bicyclic) bond motifs is 1. The van der Waals surface area contributed by atoms with Crippen molar-refractivity contribution in [2.24, 2.45) is 4.99 Å². The van der Waals surface area contributed by atoms with E-state index in [-0.39, 0.29) is 31.1 Å². The quantitative estimate of drug-likeness (QED) is 0.359. The number of likely N-dealkylation sites (tertiary alicyclic amines) is 1. The molecule has 28 heavy (non-hydrogen) atoms. The van der Waals surface area contributed by atoms with Gasteiger partial charge in [-0.05, 0) is 25.0 Å². The lowest BCUT2D eigenvalue weighted by Crippen LogP contribution is -2.46. The molecule has 1 amide bonds. The Bertz CT molecular complexity index is 909. The first-order valence-corrected chi connectivity index (χ1v) is 9.28. The van der Waals surface area contributed by atoms with E-state index < -0.39 is 0 Å². The lowest BCUT2D eigenvalue weighted by Gasteiger charge is -2.26. The van der Waals surface area contributed by atoms with Crippen LogP contribution in [0.5, 0.6) is 0 Å². The normalized spacial score (nSPS) is 16.8. The van der Waals surface area contributed by atoms with Gasteiger partial charge in [0.2, 0.25) is 0 Å². The number of esters is 1. The number of pyridine rings is 1. The maximum atomic E-state index is 12.5. The van der Waals surface area contributed by atoms with E-state index in [1.165, 1.54) is 0 Å². The van der Waals surface area contributed by atoms with Crippen molar-refractivity contribution in [2.45, 2.75) is 18.9 Å². The zero-order chi connectivity index (χ0) is 19.9. The van der Waals surface area contributed by atoms with Gasteiger partial charge in [0.25, 0.3) is 5.91 Å². The molecular formula is C21H24N4O3. The molecule has 1 aromatic heterocycles. The zero-order valence-corrected chi connectivity index (χ0v) is 15.9. The van der Waals surface area contributed by atoms with E-state index in [1.54, 1.807) is 19.2 Å². The highest BCUT2D eigenvalue weighted by Crippen LogP contribution is 2.19. The molecule has 1 saturated heterocycles. The van der Waals surface area contributed by atoms with Gasteiger partial charge in [0.05, 0.1) is 12.1 Å². The standard InChI is InChI=1S/C21H24N4O3/c1-3-13-28-21(27)18-9-6-12-25(18)19(22-2)14-23-20(26)17-11-10-15-7-4-5-8-16(15)24-17/h3-5,7-8,10-11,18H,1,6,9,12-14H2,2H3,(H,23,26)/b22-19+/t18-/m1/s1. The Balaban J connectivity index is 1.64. The minimum Gasteiger partial charge on any atom is -0.460 e. The minimum absolute atomic E-state index is 0.187. The summed E-state index contributed by atoms with van der Waals surface area (Å²) in [5.41, 5.74) is 1.11. The van der Waals surface area contributed by atoms with Crippen LogP contribution in [0.4, 0.5) is 0 Å². The van der Waals surface area contributed by atoms with Gasteiger partial charge in [-0.1, -0.05) is 36.9 Å². The lowest BCUT2D eigenvalue weighted by molar-refractivity contribution is -0.146. The molecule has 0 bridgehead atoms. The van der Waals surface area contributed by atoms with Crippen LogP contribution < -0.4 is 5.32 Å². The van der Waals surface area contributed by atoms with Gasteiger partial charge >= 0.3 is 5.97 Å². The molecule has 3 rings (SSSR count). The van der Waals surface area contributed by atoms with Crippen molar-refractivity contribution in [3.05, 3.63) is 54.7 Å². The van der Waals surface area contributed by atoms with Gasteiger partial charge in [0.15, 0.2) is 0 Å². The molecule has 1 aliphatic heterocycles. The van der Waals surface area contributed by atoms with E-state index in [0.29, 0.717) is 24.5 Å². The van der Waals surface area contributed by atoms with Gasteiger partial charge < -0.3 is 15.0 Å². The molecule has 1 atom stereocenters. The van der Waals surface area contributed by atoms with Crippen molar-refractivity contribution in [1.29, 1.82) is 0 Å². The van der Waals surface area contributed by atoms with E-state index in [9.17, 15) is 9.59 Å². The first-order valence-electron chi connectivity index (χ1n) is 9.28. The van der Waals surface area contributed by atoms with Gasteiger partial charge in [0.1, 0.15) is 24.2 Å². The van der Waals surface area contributed by atoms with Crippen LogP contribution in [0.15, 0.2) is 54.0 Å². The summed E-state index contributed by atoms with van der Waals surface area (Å²) in [6, 6.07) is 10.8. The Hall–Kier alpha value is -3.22. The predicted molar refractivity (Wildman–Crippen MR) is 108 cm³/mol. The average Bonchev–Trinajstić information content (AvgIpc) is 3.21. The number of rotatable bonds is 6. The van der Waals surface area contributed by atoms with E-state index in [1.807, 2.05) is 35.2 Å². The summed E-state index contributed by atoms with van der Waals surface area (Å²) in [6.07, 6.45) is 3.12. The van der Waals surface area contributed by atoms with Crippen LogP contribution in [0.2, 0.25) is 0 Å². The monoisotopic (exact) mass is 380 g/mol. The second kappa shape index (κ2) is 9.12. The number of amides is 1. The van der Waals surface area contributed by atoms with Crippen molar-refractivity contribution < 1.29 is 14.3 Å². The first kappa shape index (κ1) is 19.5. The average molecular weight is 380 g/mol. The van der Waals surface area contributed by atoms with E-state index in [4.69, 9.17) is 4.74 Å². The highest BCUT2D eigenvalue weighted by atomic mass is 16.5. The fourth-order valence-electron chi connectivity index (χ4n) is 3.31. The number of hydrogen-bond acceptors (Lipinski definition) is 5. The smallest absolute Gasteiger partial charge is 0.329 e. The molecule has 1 N–H and O–H groups in total. The largest absolute Gasteiger partial charge is 0.460 e. The topological polar surface area (TPSA) is 83.9 Å². The maximum Gasteiger partial charge on any atom is 0.329 e. The number of nitrogens with zero attached hydrogens (tertiary/aromatic N) is 3. The Labute approximate surface area is 164 Å². The number of benzene rings is 1. The lowest BCUT2D eigenvalue weighted by atomic mass is 10.2. The van der Waals surface area contributed by atoms with Crippen LogP contribution in [0, 0.1) is 0 Å². The predicted octanol–water partition coefficient (Wildman–Crippen LogP) is 2.19. The number of carbonyl (C=O) groups excluding carboxylic acids is 2. The second-order valence-electron chi connectivity index (χ2n) is 6.48. The van der Waals surface area contributed by atoms with Crippen molar-refractivity contribution in [3.63, 3.8) is 0 Å². The molecule has 7 heteroatoms. The number of amidine groups is 1. The summed E-state index contributed by atoms with van der Waals surface area (Å²) >= 11 is 0. The molecule has 0 unspecified atom stereocenters. The zero-order valence-electron chi connectivity index (χ0n) is 15.9. The fourth-order valence-corrected chi connectivity index (χ4v) is 3.31. The Morgan fingerprint density at radius 3 is 2.96 bits per heavy atom. The number of nitrogens with one attached hydrogen (secondary N) is 1. The summed E-state index contributed by atoms with van der Waals surface area (Å²) < 4.78 is 5.18. The van der Waals surface area contributed by atoms with Crippen LogP contribution in [0.1, 0.15) is 23.3 Å². The molecular weight excluding hydrogens is 356 g/mol. The molecule has 0 saturated carbocycles. The highest BCUT2D eigenvalue weighted by molar-refractivity contribution is 5.98. The molecule has 1 aliphatic rings. The maximum absolute atomic E-state index is 12.5. The molecule has 2 heterocycles. The summed E-state index contributed by atoms with van der Waals surface area (Å²) in [5.74, 6) is 0.0742. The van der Waals surface area contributed by atoms with Crippen LogP contribution in [-0.2, 0) is 9.53 Å². The second-order valence-corrected chi connectivity index (χ2v) is 6.48. The highest BCUT2D eigenvalue weighted by Gasteiger charge is 2.33. The number of aliphatic imine (C=N–C) groups is 1. The van der Waals surface area contributed by atoms with Crippen molar-refractivity contribution in [3.8, 4) is 0 Å². The number of para-hydroxylation sites is 1. The molecule has 0 radical (unpaired) electrons. The summed E-state index contributed by atoms with van der Waals surface area (Å²) in [5, 5.41) is 3.83.